The Bertz CT molecular complexity index is 184. The van der Waals surface area contributed by atoms with Crippen LogP contribution in [-0.2, 0) is 4.74 Å². The highest BCUT2D eigenvalue weighted by Crippen LogP contribution is 2.39. The van der Waals surface area contributed by atoms with E-state index in [1.54, 1.807) is 0 Å². The van der Waals surface area contributed by atoms with E-state index in [9.17, 15) is 0 Å². The number of rotatable bonds is 6. The topological polar surface area (TPSA) is 47.3 Å². The molecule has 0 saturated heterocycles. The molecule has 0 amide bonds. The van der Waals surface area contributed by atoms with E-state index in [-0.39, 0.29) is 0 Å². The Morgan fingerprint density at radius 1 is 1.38 bits per heavy atom. The van der Waals surface area contributed by atoms with Gasteiger partial charge in [0.05, 0.1) is 6.61 Å². The summed E-state index contributed by atoms with van der Waals surface area (Å²) in [6.07, 6.45) is 6.25. The Morgan fingerprint density at radius 3 is 2.50 bits per heavy atom. The molecule has 16 heavy (non-hydrogen) atoms. The van der Waals surface area contributed by atoms with E-state index < -0.39 is 0 Å². The Morgan fingerprint density at radius 2 is 2.00 bits per heavy atom. The molecule has 0 heterocycles. The third kappa shape index (κ3) is 4.40. The molecule has 0 bridgehead atoms. The second-order valence-electron chi connectivity index (χ2n) is 5.85. The van der Waals surface area contributed by atoms with E-state index in [1.165, 1.54) is 25.7 Å². The third-order valence-electron chi connectivity index (χ3n) is 3.81. The van der Waals surface area contributed by atoms with Crippen LogP contribution in [0.25, 0.3) is 0 Å². The summed E-state index contributed by atoms with van der Waals surface area (Å²) < 4.78 is 5.60. The Hall–Kier alpha value is -0.120. The summed E-state index contributed by atoms with van der Waals surface area (Å²) >= 11 is 0. The van der Waals surface area contributed by atoms with Gasteiger partial charge in [0.15, 0.2) is 0 Å². The summed E-state index contributed by atoms with van der Waals surface area (Å²) in [5.41, 5.74) is 3.46. The summed E-state index contributed by atoms with van der Waals surface area (Å²) in [7, 11) is 0. The summed E-state index contributed by atoms with van der Waals surface area (Å²) in [5, 5.41) is 0. The first-order valence-corrected chi connectivity index (χ1v) is 6.63. The molecular weight excluding hydrogens is 200 g/mol. The van der Waals surface area contributed by atoms with Gasteiger partial charge in [-0.25, -0.2) is 0 Å². The normalized spacial score (nSPS) is 23.2. The van der Waals surface area contributed by atoms with Gasteiger partial charge in [-0.1, -0.05) is 20.8 Å². The number of hydrogen-bond acceptors (Lipinski definition) is 3. The van der Waals surface area contributed by atoms with Crippen molar-refractivity contribution >= 4 is 0 Å². The lowest BCUT2D eigenvalue weighted by Crippen LogP contribution is -2.46. The van der Waals surface area contributed by atoms with Crippen LogP contribution in [-0.4, -0.2) is 19.3 Å². The Labute approximate surface area is 100 Å². The molecule has 0 aromatic rings. The van der Waals surface area contributed by atoms with Crippen LogP contribution in [0.3, 0.4) is 0 Å². The van der Waals surface area contributed by atoms with Crippen LogP contribution in [0.5, 0.6) is 0 Å². The summed E-state index contributed by atoms with van der Waals surface area (Å²) in [5.74, 6) is 6.31. The van der Waals surface area contributed by atoms with Gasteiger partial charge in [0.25, 0.3) is 0 Å². The summed E-state index contributed by atoms with van der Waals surface area (Å²) in [6, 6.07) is 0.336. The van der Waals surface area contributed by atoms with E-state index in [4.69, 9.17) is 10.6 Å². The zero-order valence-electron chi connectivity index (χ0n) is 11.1. The SMILES string of the molecule is CCCOCC(NN)C1CCC(C)(C)CC1. The molecule has 3 heteroatoms. The lowest BCUT2D eigenvalue weighted by Gasteiger charge is -2.37. The van der Waals surface area contributed by atoms with Gasteiger partial charge >= 0.3 is 0 Å². The van der Waals surface area contributed by atoms with E-state index in [0.717, 1.165) is 19.6 Å². The van der Waals surface area contributed by atoms with Crippen molar-refractivity contribution in [2.45, 2.75) is 58.9 Å². The van der Waals surface area contributed by atoms with Gasteiger partial charge in [-0.05, 0) is 43.4 Å². The number of hydrazine groups is 1. The Balaban J connectivity index is 2.31. The third-order valence-corrected chi connectivity index (χ3v) is 3.81. The van der Waals surface area contributed by atoms with Crippen LogP contribution in [0.4, 0.5) is 0 Å². The molecule has 96 valence electrons. The van der Waals surface area contributed by atoms with Gasteiger partial charge in [-0.15, -0.1) is 0 Å². The summed E-state index contributed by atoms with van der Waals surface area (Å²) in [6.45, 7) is 8.46. The first-order chi connectivity index (χ1) is 7.59. The van der Waals surface area contributed by atoms with Crippen LogP contribution < -0.4 is 11.3 Å². The minimum Gasteiger partial charge on any atom is -0.380 e. The molecule has 0 spiro atoms. The van der Waals surface area contributed by atoms with Crippen molar-refractivity contribution in [1.29, 1.82) is 0 Å². The van der Waals surface area contributed by atoms with Crippen molar-refractivity contribution in [3.05, 3.63) is 0 Å². The zero-order valence-corrected chi connectivity index (χ0v) is 11.1. The maximum absolute atomic E-state index is 5.62. The van der Waals surface area contributed by atoms with Crippen molar-refractivity contribution in [2.24, 2.45) is 17.2 Å². The number of ether oxygens (including phenoxy) is 1. The van der Waals surface area contributed by atoms with Crippen LogP contribution in [0, 0.1) is 11.3 Å². The molecule has 1 rings (SSSR count). The molecule has 1 atom stereocenters. The molecule has 1 aliphatic carbocycles. The molecule has 1 saturated carbocycles. The van der Waals surface area contributed by atoms with E-state index >= 15 is 0 Å². The highest BCUT2D eigenvalue weighted by Gasteiger charge is 2.30. The fraction of sp³-hybridized carbons (Fsp3) is 1.00. The van der Waals surface area contributed by atoms with Gasteiger partial charge in [-0.2, -0.15) is 0 Å². The van der Waals surface area contributed by atoms with Crippen LogP contribution in [0.2, 0.25) is 0 Å². The predicted octanol–water partition coefficient (Wildman–Crippen LogP) is 2.46. The van der Waals surface area contributed by atoms with Crippen molar-refractivity contribution < 1.29 is 4.74 Å². The minimum absolute atomic E-state index is 0.336. The number of nitrogens with two attached hydrogens (primary N) is 1. The van der Waals surface area contributed by atoms with Gasteiger partial charge in [0.2, 0.25) is 0 Å². The fourth-order valence-electron chi connectivity index (χ4n) is 2.50. The summed E-state index contributed by atoms with van der Waals surface area (Å²) in [4.78, 5) is 0. The average molecular weight is 228 g/mol. The smallest absolute Gasteiger partial charge is 0.0635 e. The molecule has 0 aromatic heterocycles. The van der Waals surface area contributed by atoms with E-state index in [2.05, 4.69) is 26.2 Å². The quantitative estimate of drug-likeness (QED) is 0.417. The largest absolute Gasteiger partial charge is 0.380 e. The monoisotopic (exact) mass is 228 g/mol. The second-order valence-corrected chi connectivity index (χ2v) is 5.85. The van der Waals surface area contributed by atoms with Crippen molar-refractivity contribution in [1.82, 2.24) is 5.43 Å². The molecule has 1 aliphatic rings. The second kappa shape index (κ2) is 6.58. The van der Waals surface area contributed by atoms with Crippen molar-refractivity contribution in [3.63, 3.8) is 0 Å². The first kappa shape index (κ1) is 13.9. The van der Waals surface area contributed by atoms with Gasteiger partial charge < -0.3 is 4.74 Å². The molecular formula is C13H28N2O. The maximum Gasteiger partial charge on any atom is 0.0635 e. The zero-order chi connectivity index (χ0) is 12.0. The van der Waals surface area contributed by atoms with Gasteiger partial charge in [-0.3, -0.25) is 11.3 Å². The van der Waals surface area contributed by atoms with Gasteiger partial charge in [0, 0.05) is 12.6 Å². The molecule has 1 fully saturated rings. The minimum atomic E-state index is 0.336. The van der Waals surface area contributed by atoms with Gasteiger partial charge in [0.1, 0.15) is 0 Å². The lowest BCUT2D eigenvalue weighted by atomic mass is 9.71. The Kier molecular flexibility index (Phi) is 5.73. The average Bonchev–Trinajstić information content (AvgIpc) is 2.25. The predicted molar refractivity (Wildman–Crippen MR) is 68.0 cm³/mol. The van der Waals surface area contributed by atoms with Crippen LogP contribution in [0.1, 0.15) is 52.9 Å². The molecule has 0 aromatic carbocycles. The molecule has 3 N–H and O–H groups in total. The standard InChI is InChI=1S/C13H28N2O/c1-4-9-16-10-12(15-14)11-5-7-13(2,3)8-6-11/h11-12,15H,4-10,14H2,1-3H3. The molecule has 0 aliphatic heterocycles. The van der Waals surface area contributed by atoms with E-state index in [1.807, 2.05) is 0 Å². The maximum atomic E-state index is 5.62. The number of hydrogen-bond donors (Lipinski definition) is 2. The fourth-order valence-corrected chi connectivity index (χ4v) is 2.50. The van der Waals surface area contributed by atoms with Crippen LogP contribution in [0.15, 0.2) is 0 Å². The number of nitrogens with one attached hydrogen (secondary N) is 1. The van der Waals surface area contributed by atoms with Crippen molar-refractivity contribution in [3.8, 4) is 0 Å². The highest BCUT2D eigenvalue weighted by atomic mass is 16.5. The highest BCUT2D eigenvalue weighted by molar-refractivity contribution is 4.84. The molecule has 3 nitrogen and oxygen atoms in total. The van der Waals surface area contributed by atoms with Crippen LogP contribution >= 0.6 is 0 Å². The first-order valence-electron chi connectivity index (χ1n) is 6.63. The molecule has 0 radical (unpaired) electrons. The van der Waals surface area contributed by atoms with E-state index in [0.29, 0.717) is 17.4 Å². The molecule has 1 unspecified atom stereocenters. The lowest BCUT2D eigenvalue weighted by molar-refractivity contribution is 0.0710. The van der Waals surface area contributed by atoms with Crippen molar-refractivity contribution in [2.75, 3.05) is 13.2 Å².